The number of nitrogens with zero attached hydrogens (tertiary/aromatic N) is 1. The summed E-state index contributed by atoms with van der Waals surface area (Å²) in [5.74, 6) is 0.0355. The molecule has 1 unspecified atom stereocenters. The van der Waals surface area contributed by atoms with Crippen LogP contribution in [0.2, 0.25) is 0 Å². The standard InChI is InChI=1S/C18H23N3O3/c22-15(21-8-5-13-3-1-2-4-14(13)21)11-19-16-17(23)20-12-18(16)6-9-24-10-7-18/h1-4,16,19H,5-12H2,(H,20,23). The molecule has 2 N–H and O–H groups in total. The van der Waals surface area contributed by atoms with Crippen LogP contribution >= 0.6 is 0 Å². The van der Waals surface area contributed by atoms with Gasteiger partial charge >= 0.3 is 0 Å². The van der Waals surface area contributed by atoms with Gasteiger partial charge in [-0.2, -0.15) is 0 Å². The number of benzene rings is 1. The van der Waals surface area contributed by atoms with E-state index in [1.807, 2.05) is 23.1 Å². The van der Waals surface area contributed by atoms with Gasteiger partial charge in [0.25, 0.3) is 0 Å². The third-order valence-corrected chi connectivity index (χ3v) is 5.62. The lowest BCUT2D eigenvalue weighted by atomic mass is 9.76. The average molecular weight is 329 g/mol. The third-order valence-electron chi connectivity index (χ3n) is 5.62. The third kappa shape index (κ3) is 2.59. The molecule has 3 heterocycles. The van der Waals surface area contributed by atoms with Gasteiger partial charge < -0.3 is 15.0 Å². The Morgan fingerprint density at radius 3 is 2.96 bits per heavy atom. The number of para-hydroxylation sites is 1. The number of hydrogen-bond donors (Lipinski definition) is 2. The first kappa shape index (κ1) is 15.6. The molecule has 0 aromatic heterocycles. The van der Waals surface area contributed by atoms with Crippen molar-refractivity contribution in [1.29, 1.82) is 0 Å². The van der Waals surface area contributed by atoms with Gasteiger partial charge in [-0.15, -0.1) is 0 Å². The van der Waals surface area contributed by atoms with Crippen LogP contribution in [-0.2, 0) is 20.7 Å². The van der Waals surface area contributed by atoms with Crippen LogP contribution in [0.25, 0.3) is 0 Å². The molecule has 24 heavy (non-hydrogen) atoms. The number of hydrogen-bond acceptors (Lipinski definition) is 4. The maximum absolute atomic E-state index is 12.6. The smallest absolute Gasteiger partial charge is 0.240 e. The van der Waals surface area contributed by atoms with Crippen LogP contribution < -0.4 is 15.5 Å². The summed E-state index contributed by atoms with van der Waals surface area (Å²) in [5.41, 5.74) is 2.10. The Bertz CT molecular complexity index is 655. The van der Waals surface area contributed by atoms with Gasteiger partial charge in [0.2, 0.25) is 11.8 Å². The quantitative estimate of drug-likeness (QED) is 0.845. The van der Waals surface area contributed by atoms with Crippen LogP contribution in [0.5, 0.6) is 0 Å². The highest BCUT2D eigenvalue weighted by Gasteiger charge is 2.49. The van der Waals surface area contributed by atoms with Crippen molar-refractivity contribution in [1.82, 2.24) is 10.6 Å². The minimum atomic E-state index is -0.303. The Morgan fingerprint density at radius 1 is 1.33 bits per heavy atom. The molecule has 3 aliphatic heterocycles. The normalized spacial score (nSPS) is 24.9. The first-order valence-electron chi connectivity index (χ1n) is 8.67. The van der Waals surface area contributed by atoms with Crippen molar-refractivity contribution in [3.05, 3.63) is 29.8 Å². The predicted octanol–water partition coefficient (Wildman–Crippen LogP) is 0.461. The van der Waals surface area contributed by atoms with E-state index in [2.05, 4.69) is 16.7 Å². The van der Waals surface area contributed by atoms with Crippen molar-refractivity contribution in [3.8, 4) is 0 Å². The van der Waals surface area contributed by atoms with E-state index in [4.69, 9.17) is 4.74 Å². The number of fused-ring (bicyclic) bond motifs is 1. The van der Waals surface area contributed by atoms with E-state index in [0.717, 1.165) is 31.5 Å². The van der Waals surface area contributed by atoms with Crippen LogP contribution in [0.15, 0.2) is 24.3 Å². The minimum Gasteiger partial charge on any atom is -0.381 e. The Labute approximate surface area is 141 Å². The van der Waals surface area contributed by atoms with Crippen molar-refractivity contribution < 1.29 is 14.3 Å². The van der Waals surface area contributed by atoms with Crippen LogP contribution in [-0.4, -0.2) is 50.7 Å². The number of anilines is 1. The molecule has 1 atom stereocenters. The second-order valence-electron chi connectivity index (χ2n) is 6.93. The van der Waals surface area contributed by atoms with Gasteiger partial charge in [-0.05, 0) is 30.9 Å². The Hall–Kier alpha value is -1.92. The number of ether oxygens (including phenoxy) is 1. The van der Waals surface area contributed by atoms with E-state index in [1.54, 1.807) is 0 Å². The zero-order valence-electron chi connectivity index (χ0n) is 13.7. The molecule has 2 amide bonds. The number of nitrogens with one attached hydrogen (secondary N) is 2. The van der Waals surface area contributed by atoms with E-state index < -0.39 is 0 Å². The summed E-state index contributed by atoms with van der Waals surface area (Å²) in [4.78, 5) is 26.7. The van der Waals surface area contributed by atoms with Gasteiger partial charge in [0.1, 0.15) is 0 Å². The molecule has 2 saturated heterocycles. The SMILES string of the molecule is O=C1NCC2(CCOCC2)C1NCC(=O)N1CCc2ccccc21. The Balaban J connectivity index is 1.43. The van der Waals surface area contributed by atoms with E-state index in [-0.39, 0.29) is 29.8 Å². The molecule has 1 aromatic rings. The van der Waals surface area contributed by atoms with Crippen molar-refractivity contribution >= 4 is 17.5 Å². The molecule has 6 nitrogen and oxygen atoms in total. The molecule has 1 aromatic carbocycles. The summed E-state index contributed by atoms with van der Waals surface area (Å²) in [5, 5.41) is 6.20. The molecule has 0 radical (unpaired) electrons. The highest BCUT2D eigenvalue weighted by molar-refractivity contribution is 5.97. The molecule has 6 heteroatoms. The molecule has 0 aliphatic carbocycles. The largest absolute Gasteiger partial charge is 0.381 e. The molecule has 4 rings (SSSR count). The fourth-order valence-electron chi connectivity index (χ4n) is 4.18. The fourth-order valence-corrected chi connectivity index (χ4v) is 4.18. The van der Waals surface area contributed by atoms with E-state index >= 15 is 0 Å². The lowest BCUT2D eigenvalue weighted by Gasteiger charge is -2.37. The van der Waals surface area contributed by atoms with Crippen molar-refractivity contribution in [2.75, 3.05) is 37.7 Å². The summed E-state index contributed by atoms with van der Waals surface area (Å²) < 4.78 is 5.44. The summed E-state index contributed by atoms with van der Waals surface area (Å²) in [6.45, 7) is 2.94. The van der Waals surface area contributed by atoms with Gasteiger partial charge in [-0.25, -0.2) is 0 Å². The van der Waals surface area contributed by atoms with Gasteiger partial charge in [0.05, 0.1) is 12.6 Å². The zero-order valence-corrected chi connectivity index (χ0v) is 13.7. The summed E-state index contributed by atoms with van der Waals surface area (Å²) in [6, 6.07) is 7.71. The van der Waals surface area contributed by atoms with Crippen molar-refractivity contribution in [3.63, 3.8) is 0 Å². The van der Waals surface area contributed by atoms with E-state index in [9.17, 15) is 9.59 Å². The minimum absolute atomic E-state index is 0.00604. The fraction of sp³-hybridized carbons (Fsp3) is 0.556. The Morgan fingerprint density at radius 2 is 2.12 bits per heavy atom. The molecule has 0 saturated carbocycles. The first-order chi connectivity index (χ1) is 11.7. The predicted molar refractivity (Wildman–Crippen MR) is 89.8 cm³/mol. The highest BCUT2D eigenvalue weighted by Crippen LogP contribution is 2.37. The summed E-state index contributed by atoms with van der Waals surface area (Å²) >= 11 is 0. The van der Waals surface area contributed by atoms with Gasteiger partial charge in [-0.1, -0.05) is 18.2 Å². The summed E-state index contributed by atoms with van der Waals surface area (Å²) in [6.07, 6.45) is 2.60. The monoisotopic (exact) mass is 329 g/mol. The number of carbonyl (C=O) groups excluding carboxylic acids is 2. The molecule has 0 bridgehead atoms. The number of amides is 2. The lowest BCUT2D eigenvalue weighted by molar-refractivity contribution is -0.123. The summed E-state index contributed by atoms with van der Waals surface area (Å²) in [7, 11) is 0. The molecular weight excluding hydrogens is 306 g/mol. The Kier molecular flexibility index (Phi) is 4.02. The topological polar surface area (TPSA) is 70.7 Å². The zero-order chi connectivity index (χ0) is 16.6. The van der Waals surface area contributed by atoms with E-state index in [1.165, 1.54) is 5.56 Å². The van der Waals surface area contributed by atoms with Gasteiger partial charge in [0, 0.05) is 37.4 Å². The number of rotatable bonds is 3. The molecule has 2 fully saturated rings. The van der Waals surface area contributed by atoms with Crippen LogP contribution in [0.1, 0.15) is 18.4 Å². The van der Waals surface area contributed by atoms with E-state index in [0.29, 0.717) is 19.8 Å². The molecular formula is C18H23N3O3. The second-order valence-corrected chi connectivity index (χ2v) is 6.93. The van der Waals surface area contributed by atoms with Crippen molar-refractivity contribution in [2.24, 2.45) is 5.41 Å². The van der Waals surface area contributed by atoms with Crippen LogP contribution in [0.4, 0.5) is 5.69 Å². The van der Waals surface area contributed by atoms with Gasteiger partial charge in [-0.3, -0.25) is 14.9 Å². The van der Waals surface area contributed by atoms with Crippen LogP contribution in [0.3, 0.4) is 0 Å². The number of carbonyl (C=O) groups is 2. The van der Waals surface area contributed by atoms with Gasteiger partial charge in [0.15, 0.2) is 0 Å². The van der Waals surface area contributed by atoms with Crippen molar-refractivity contribution in [2.45, 2.75) is 25.3 Å². The molecule has 3 aliphatic rings. The highest BCUT2D eigenvalue weighted by atomic mass is 16.5. The lowest BCUT2D eigenvalue weighted by Crippen LogP contribution is -2.52. The second kappa shape index (κ2) is 6.18. The maximum atomic E-state index is 12.6. The van der Waals surface area contributed by atoms with Crippen LogP contribution in [0, 0.1) is 5.41 Å². The first-order valence-corrected chi connectivity index (χ1v) is 8.67. The molecule has 128 valence electrons. The maximum Gasteiger partial charge on any atom is 0.240 e. The molecule has 1 spiro atoms. The average Bonchev–Trinajstić information content (AvgIpc) is 3.16.